The number of piperidine rings is 2. The molecule has 7 heteroatoms. The highest BCUT2D eigenvalue weighted by atomic mass is 16.5. The zero-order valence-electron chi connectivity index (χ0n) is 18.3. The molecule has 2 aromatic rings. The molecule has 2 N–H and O–H groups in total. The van der Waals surface area contributed by atoms with Gasteiger partial charge in [0.25, 0.3) is 0 Å². The van der Waals surface area contributed by atoms with Gasteiger partial charge in [0.05, 0.1) is 14.2 Å². The summed E-state index contributed by atoms with van der Waals surface area (Å²) in [6, 6.07) is 6.37. The van der Waals surface area contributed by atoms with Crippen molar-refractivity contribution in [3.63, 3.8) is 0 Å². The predicted octanol–water partition coefficient (Wildman–Crippen LogP) is 4.22. The molecule has 2 atom stereocenters. The Labute approximate surface area is 179 Å². The number of hydrogen-bond acceptors (Lipinski definition) is 7. The van der Waals surface area contributed by atoms with Crippen LogP contribution in [-0.4, -0.2) is 54.8 Å². The summed E-state index contributed by atoms with van der Waals surface area (Å²) in [4.78, 5) is 11.9. The molecular formula is C23H33N5O2. The molecule has 1 aromatic carbocycles. The summed E-state index contributed by atoms with van der Waals surface area (Å²) in [6.45, 7) is 5.55. The topological polar surface area (TPSA) is 71.5 Å². The van der Waals surface area contributed by atoms with Crippen molar-refractivity contribution in [1.29, 1.82) is 0 Å². The summed E-state index contributed by atoms with van der Waals surface area (Å²) < 4.78 is 10.7. The lowest BCUT2D eigenvalue weighted by Gasteiger charge is -2.44. The SMILES string of the molecule is COc1cc(Nc2ncc(C)c(NC[C@@H]3CCCN4CCCC[C@H]34)n2)cc(OC)c1. The zero-order valence-corrected chi connectivity index (χ0v) is 18.3. The Morgan fingerprint density at radius 2 is 1.80 bits per heavy atom. The van der Waals surface area contributed by atoms with Crippen molar-refractivity contribution in [2.45, 2.75) is 45.1 Å². The standard InChI is InChI=1S/C23H33N5O2/c1-16-14-25-23(26-18-11-19(29-2)13-20(12-18)30-3)27-22(16)24-15-17-7-6-10-28-9-5-4-8-21(17)28/h11-14,17,21H,4-10,15H2,1-3H3,(H2,24,25,26,27)/t17-,21+/m0/s1. The highest BCUT2D eigenvalue weighted by Crippen LogP contribution is 2.31. The van der Waals surface area contributed by atoms with Crippen molar-refractivity contribution in [3.05, 3.63) is 30.0 Å². The van der Waals surface area contributed by atoms with E-state index in [0.717, 1.165) is 41.2 Å². The fraction of sp³-hybridized carbons (Fsp3) is 0.565. The van der Waals surface area contributed by atoms with Crippen LogP contribution in [0.25, 0.3) is 0 Å². The number of rotatable bonds is 7. The molecule has 0 spiro atoms. The lowest BCUT2D eigenvalue weighted by Crippen LogP contribution is -2.49. The van der Waals surface area contributed by atoms with Crippen molar-refractivity contribution >= 4 is 17.5 Å². The van der Waals surface area contributed by atoms with E-state index in [0.29, 0.717) is 11.9 Å². The molecule has 162 valence electrons. The minimum atomic E-state index is 0.557. The van der Waals surface area contributed by atoms with Crippen LogP contribution in [-0.2, 0) is 0 Å². The van der Waals surface area contributed by atoms with Gasteiger partial charge in [-0.2, -0.15) is 4.98 Å². The van der Waals surface area contributed by atoms with Crippen LogP contribution >= 0.6 is 0 Å². The second-order valence-electron chi connectivity index (χ2n) is 8.33. The number of aromatic nitrogens is 2. The van der Waals surface area contributed by atoms with Crippen LogP contribution < -0.4 is 20.1 Å². The minimum Gasteiger partial charge on any atom is -0.497 e. The van der Waals surface area contributed by atoms with Crippen LogP contribution in [0.4, 0.5) is 17.5 Å². The Bertz CT molecular complexity index is 835. The first kappa shape index (κ1) is 20.7. The van der Waals surface area contributed by atoms with Crippen LogP contribution in [0.15, 0.2) is 24.4 Å². The number of hydrogen-bond donors (Lipinski definition) is 2. The van der Waals surface area contributed by atoms with Gasteiger partial charge in [-0.15, -0.1) is 0 Å². The van der Waals surface area contributed by atoms with E-state index in [9.17, 15) is 0 Å². The van der Waals surface area contributed by atoms with E-state index in [-0.39, 0.29) is 0 Å². The number of ether oxygens (including phenoxy) is 2. The Morgan fingerprint density at radius 1 is 1.03 bits per heavy atom. The summed E-state index contributed by atoms with van der Waals surface area (Å²) in [7, 11) is 3.28. The highest BCUT2D eigenvalue weighted by Gasteiger charge is 2.32. The van der Waals surface area contributed by atoms with E-state index in [2.05, 4.69) is 27.4 Å². The quantitative estimate of drug-likeness (QED) is 0.707. The number of aryl methyl sites for hydroxylation is 1. The second-order valence-corrected chi connectivity index (χ2v) is 8.33. The number of anilines is 3. The Morgan fingerprint density at radius 3 is 2.57 bits per heavy atom. The third-order valence-electron chi connectivity index (χ3n) is 6.34. The maximum atomic E-state index is 5.35. The van der Waals surface area contributed by atoms with Gasteiger partial charge in [0.15, 0.2) is 0 Å². The minimum absolute atomic E-state index is 0.557. The predicted molar refractivity (Wildman–Crippen MR) is 120 cm³/mol. The molecule has 0 saturated carbocycles. The molecular weight excluding hydrogens is 378 g/mol. The molecule has 4 rings (SSSR count). The maximum Gasteiger partial charge on any atom is 0.229 e. The summed E-state index contributed by atoms with van der Waals surface area (Å²) in [6.07, 6.45) is 8.51. The van der Waals surface area contributed by atoms with Gasteiger partial charge in [0.1, 0.15) is 17.3 Å². The Hall–Kier alpha value is -2.54. The first-order valence-electron chi connectivity index (χ1n) is 11.0. The third-order valence-corrected chi connectivity index (χ3v) is 6.34. The van der Waals surface area contributed by atoms with Gasteiger partial charge in [-0.3, -0.25) is 0 Å². The second kappa shape index (κ2) is 9.51. The molecule has 0 unspecified atom stereocenters. The molecule has 1 aromatic heterocycles. The van der Waals surface area contributed by atoms with Crippen molar-refractivity contribution in [2.24, 2.45) is 5.92 Å². The van der Waals surface area contributed by atoms with E-state index < -0.39 is 0 Å². The van der Waals surface area contributed by atoms with Gasteiger partial charge in [0, 0.05) is 48.2 Å². The van der Waals surface area contributed by atoms with Gasteiger partial charge in [0.2, 0.25) is 5.95 Å². The Kier molecular flexibility index (Phi) is 6.57. The molecule has 0 aliphatic carbocycles. The summed E-state index contributed by atoms with van der Waals surface area (Å²) >= 11 is 0. The lowest BCUT2D eigenvalue weighted by molar-refractivity contribution is 0.0649. The van der Waals surface area contributed by atoms with Crippen LogP contribution in [0, 0.1) is 12.8 Å². The summed E-state index contributed by atoms with van der Waals surface area (Å²) in [5.41, 5.74) is 1.88. The van der Waals surface area contributed by atoms with Crippen LogP contribution in [0.2, 0.25) is 0 Å². The fourth-order valence-electron chi connectivity index (χ4n) is 4.73. The third kappa shape index (κ3) is 4.78. The maximum absolute atomic E-state index is 5.35. The number of benzene rings is 1. The van der Waals surface area contributed by atoms with Gasteiger partial charge < -0.3 is 25.0 Å². The van der Waals surface area contributed by atoms with Gasteiger partial charge >= 0.3 is 0 Å². The molecule has 0 radical (unpaired) electrons. The normalized spacial score (nSPS) is 21.6. The lowest BCUT2D eigenvalue weighted by atomic mass is 9.83. The van der Waals surface area contributed by atoms with Crippen molar-refractivity contribution < 1.29 is 9.47 Å². The molecule has 2 aliphatic heterocycles. The Balaban J connectivity index is 1.44. The molecule has 2 aliphatic rings. The number of methoxy groups -OCH3 is 2. The monoisotopic (exact) mass is 411 g/mol. The van der Waals surface area contributed by atoms with Crippen molar-refractivity contribution in [2.75, 3.05) is 44.5 Å². The van der Waals surface area contributed by atoms with E-state index >= 15 is 0 Å². The van der Waals surface area contributed by atoms with Gasteiger partial charge in [-0.05, 0) is 51.6 Å². The van der Waals surface area contributed by atoms with Crippen LogP contribution in [0.1, 0.15) is 37.7 Å². The summed E-state index contributed by atoms with van der Waals surface area (Å²) in [5, 5.41) is 6.89. The molecule has 2 saturated heterocycles. The largest absolute Gasteiger partial charge is 0.497 e. The van der Waals surface area contributed by atoms with E-state index in [4.69, 9.17) is 14.5 Å². The average Bonchev–Trinajstić information content (AvgIpc) is 2.79. The molecule has 2 fully saturated rings. The van der Waals surface area contributed by atoms with Crippen LogP contribution in [0.5, 0.6) is 11.5 Å². The molecule has 0 bridgehead atoms. The molecule has 30 heavy (non-hydrogen) atoms. The highest BCUT2D eigenvalue weighted by molar-refractivity contribution is 5.60. The van der Waals surface area contributed by atoms with E-state index in [1.54, 1.807) is 14.2 Å². The van der Waals surface area contributed by atoms with Crippen molar-refractivity contribution in [1.82, 2.24) is 14.9 Å². The molecule has 3 heterocycles. The van der Waals surface area contributed by atoms with Gasteiger partial charge in [-0.25, -0.2) is 4.98 Å². The van der Waals surface area contributed by atoms with Crippen molar-refractivity contribution in [3.8, 4) is 11.5 Å². The average molecular weight is 412 g/mol. The van der Waals surface area contributed by atoms with E-state index in [1.165, 1.54) is 45.2 Å². The van der Waals surface area contributed by atoms with E-state index in [1.807, 2.05) is 24.4 Å². The molecule has 7 nitrogen and oxygen atoms in total. The fourth-order valence-corrected chi connectivity index (χ4v) is 4.73. The number of fused-ring (bicyclic) bond motifs is 1. The van der Waals surface area contributed by atoms with Gasteiger partial charge in [-0.1, -0.05) is 6.42 Å². The first-order chi connectivity index (χ1) is 14.7. The molecule has 0 amide bonds. The smallest absolute Gasteiger partial charge is 0.229 e. The number of nitrogens with zero attached hydrogens (tertiary/aromatic N) is 3. The first-order valence-corrected chi connectivity index (χ1v) is 11.0. The number of nitrogens with one attached hydrogen (secondary N) is 2. The summed E-state index contributed by atoms with van der Waals surface area (Å²) in [5.74, 6) is 3.58. The van der Waals surface area contributed by atoms with Crippen LogP contribution in [0.3, 0.4) is 0 Å². The zero-order chi connectivity index (χ0) is 20.9.